The molecule has 1 radical (unpaired) electrons. The molecule has 1 amide bonds. The highest BCUT2D eigenvalue weighted by molar-refractivity contribution is 5.48. The molecular weight excluding hydrogens is 140 g/mol. The maximum absolute atomic E-state index is 10.4. The van der Waals surface area contributed by atoms with E-state index in [2.05, 4.69) is 0 Å². The Bertz CT molecular complexity index is 125. The number of piperidine rings is 1. The van der Waals surface area contributed by atoms with Gasteiger partial charge in [0.1, 0.15) is 0 Å². The number of hydrogen-bond donors (Lipinski definition) is 1. The van der Waals surface area contributed by atoms with Gasteiger partial charge >= 0.3 is 6.41 Å². The molecule has 11 heavy (non-hydrogen) atoms. The minimum atomic E-state index is 0.367. The number of carbonyl (C=O) groups excluding carboxylic acids is 1. The summed E-state index contributed by atoms with van der Waals surface area (Å²) in [6.45, 7) is 1.54. The molecule has 0 aliphatic carbocycles. The maximum Gasteiger partial charge on any atom is 0.312 e. The topological polar surface area (TPSA) is 46.3 Å². The summed E-state index contributed by atoms with van der Waals surface area (Å²) in [6.07, 6.45) is 6.34. The molecule has 63 valence electrons. The Labute approximate surface area is 67.5 Å². The van der Waals surface area contributed by atoms with Crippen LogP contribution < -0.4 is 5.73 Å². The Morgan fingerprint density at radius 1 is 1.55 bits per heavy atom. The van der Waals surface area contributed by atoms with Crippen LogP contribution in [0.1, 0.15) is 25.7 Å². The van der Waals surface area contributed by atoms with Crippen molar-refractivity contribution >= 4 is 6.41 Å². The van der Waals surface area contributed by atoms with Crippen LogP contribution in [-0.4, -0.2) is 30.4 Å². The standard InChI is InChI=1S/C8H15N2O/c9-5-4-8-3-1-2-6-10(8)7-11/h8H,1-6,9H2. The highest BCUT2D eigenvalue weighted by Crippen LogP contribution is 2.16. The molecular formula is C8H15N2O. The lowest BCUT2D eigenvalue weighted by molar-refractivity contribution is 0.223. The van der Waals surface area contributed by atoms with Crippen LogP contribution in [0.5, 0.6) is 0 Å². The number of amides is 1. The molecule has 0 saturated carbocycles. The van der Waals surface area contributed by atoms with Gasteiger partial charge in [0, 0.05) is 12.6 Å². The summed E-state index contributed by atoms with van der Waals surface area (Å²) >= 11 is 0. The molecule has 1 rings (SSSR count). The van der Waals surface area contributed by atoms with Crippen molar-refractivity contribution in [1.29, 1.82) is 0 Å². The summed E-state index contributed by atoms with van der Waals surface area (Å²) in [7, 11) is 0. The normalized spacial score (nSPS) is 25.2. The minimum Gasteiger partial charge on any atom is -0.331 e. The van der Waals surface area contributed by atoms with Crippen molar-refractivity contribution in [3.05, 3.63) is 0 Å². The van der Waals surface area contributed by atoms with E-state index in [0.29, 0.717) is 12.6 Å². The first-order valence-electron chi connectivity index (χ1n) is 4.23. The lowest BCUT2D eigenvalue weighted by Gasteiger charge is -2.31. The highest BCUT2D eigenvalue weighted by Gasteiger charge is 2.20. The van der Waals surface area contributed by atoms with Gasteiger partial charge in [-0.2, -0.15) is 0 Å². The number of nitrogens with zero attached hydrogens (tertiary/aromatic N) is 1. The summed E-state index contributed by atoms with van der Waals surface area (Å²) < 4.78 is 0. The van der Waals surface area contributed by atoms with Crippen molar-refractivity contribution in [2.24, 2.45) is 5.73 Å². The first kappa shape index (κ1) is 8.53. The molecule has 2 N–H and O–H groups in total. The Kier molecular flexibility index (Phi) is 3.36. The zero-order valence-electron chi connectivity index (χ0n) is 6.75. The lowest BCUT2D eigenvalue weighted by Crippen LogP contribution is -2.39. The van der Waals surface area contributed by atoms with Gasteiger partial charge in [-0.3, -0.25) is 4.79 Å². The van der Waals surface area contributed by atoms with Crippen molar-refractivity contribution in [2.45, 2.75) is 31.7 Å². The van der Waals surface area contributed by atoms with Gasteiger partial charge in [0.05, 0.1) is 0 Å². The van der Waals surface area contributed by atoms with E-state index in [-0.39, 0.29) is 0 Å². The number of rotatable bonds is 3. The number of hydrogen-bond acceptors (Lipinski definition) is 2. The van der Waals surface area contributed by atoms with Gasteiger partial charge in [-0.25, -0.2) is 0 Å². The van der Waals surface area contributed by atoms with Gasteiger partial charge in [0.15, 0.2) is 0 Å². The van der Waals surface area contributed by atoms with Crippen LogP contribution >= 0.6 is 0 Å². The van der Waals surface area contributed by atoms with Crippen LogP contribution in [0.2, 0.25) is 0 Å². The van der Waals surface area contributed by atoms with Gasteiger partial charge < -0.3 is 10.6 Å². The van der Waals surface area contributed by atoms with Crippen LogP contribution in [0.15, 0.2) is 0 Å². The number of likely N-dealkylation sites (tertiary alicyclic amines) is 1. The van der Waals surface area contributed by atoms with Crippen molar-refractivity contribution in [1.82, 2.24) is 4.90 Å². The highest BCUT2D eigenvalue weighted by atomic mass is 16.1. The van der Waals surface area contributed by atoms with Crippen molar-refractivity contribution in [3.8, 4) is 0 Å². The third-order valence-corrected chi connectivity index (χ3v) is 2.24. The SMILES string of the molecule is NCCC1CCCCN1[C]=O. The molecule has 1 heterocycles. The average molecular weight is 155 g/mol. The van der Waals surface area contributed by atoms with E-state index in [1.165, 1.54) is 6.42 Å². The second-order valence-corrected chi connectivity index (χ2v) is 3.01. The fraction of sp³-hybridized carbons (Fsp3) is 0.875. The van der Waals surface area contributed by atoms with E-state index in [1.807, 2.05) is 6.41 Å². The van der Waals surface area contributed by atoms with Gasteiger partial charge in [-0.1, -0.05) is 0 Å². The Morgan fingerprint density at radius 3 is 3.00 bits per heavy atom. The monoisotopic (exact) mass is 155 g/mol. The smallest absolute Gasteiger partial charge is 0.312 e. The second kappa shape index (κ2) is 4.34. The van der Waals surface area contributed by atoms with E-state index in [4.69, 9.17) is 5.73 Å². The first-order chi connectivity index (χ1) is 5.38. The number of nitrogens with two attached hydrogens (primary N) is 1. The fourth-order valence-electron chi connectivity index (χ4n) is 1.61. The Hall–Kier alpha value is -0.570. The molecule has 0 spiro atoms. The molecule has 1 aliphatic rings. The van der Waals surface area contributed by atoms with Crippen LogP contribution in [0.25, 0.3) is 0 Å². The second-order valence-electron chi connectivity index (χ2n) is 3.01. The Morgan fingerprint density at radius 2 is 2.36 bits per heavy atom. The largest absolute Gasteiger partial charge is 0.331 e. The van der Waals surface area contributed by atoms with E-state index in [9.17, 15) is 4.79 Å². The summed E-state index contributed by atoms with van der Waals surface area (Å²) in [5.74, 6) is 0. The van der Waals surface area contributed by atoms with E-state index in [1.54, 1.807) is 4.90 Å². The quantitative estimate of drug-likeness (QED) is 0.635. The fourth-order valence-corrected chi connectivity index (χ4v) is 1.61. The van der Waals surface area contributed by atoms with Crippen molar-refractivity contribution in [2.75, 3.05) is 13.1 Å². The van der Waals surface area contributed by atoms with E-state index < -0.39 is 0 Å². The first-order valence-corrected chi connectivity index (χ1v) is 4.23. The summed E-state index contributed by atoms with van der Waals surface area (Å²) in [6, 6.07) is 0.367. The summed E-state index contributed by atoms with van der Waals surface area (Å²) in [4.78, 5) is 12.2. The molecule has 1 unspecified atom stereocenters. The molecule has 0 bridgehead atoms. The molecule has 0 aromatic heterocycles. The maximum atomic E-state index is 10.4. The van der Waals surface area contributed by atoms with E-state index >= 15 is 0 Å². The molecule has 0 aromatic rings. The van der Waals surface area contributed by atoms with Crippen LogP contribution in [0.4, 0.5) is 0 Å². The van der Waals surface area contributed by atoms with E-state index in [0.717, 1.165) is 25.8 Å². The minimum absolute atomic E-state index is 0.367. The molecule has 1 aliphatic heterocycles. The third kappa shape index (κ3) is 2.19. The van der Waals surface area contributed by atoms with Crippen LogP contribution in [0.3, 0.4) is 0 Å². The summed E-state index contributed by atoms with van der Waals surface area (Å²) in [5, 5.41) is 0. The molecule has 1 fully saturated rings. The van der Waals surface area contributed by atoms with Crippen LogP contribution in [0, 0.1) is 0 Å². The van der Waals surface area contributed by atoms with Crippen molar-refractivity contribution < 1.29 is 4.79 Å². The summed E-state index contributed by atoms with van der Waals surface area (Å²) in [5.41, 5.74) is 5.42. The molecule has 1 atom stereocenters. The van der Waals surface area contributed by atoms with Gasteiger partial charge in [-0.15, -0.1) is 0 Å². The van der Waals surface area contributed by atoms with Gasteiger partial charge in [-0.05, 0) is 32.2 Å². The molecule has 1 saturated heterocycles. The molecule has 3 heteroatoms. The third-order valence-electron chi connectivity index (χ3n) is 2.24. The van der Waals surface area contributed by atoms with Gasteiger partial charge in [0.2, 0.25) is 0 Å². The molecule has 0 aromatic carbocycles. The zero-order valence-corrected chi connectivity index (χ0v) is 6.75. The van der Waals surface area contributed by atoms with Crippen molar-refractivity contribution in [3.63, 3.8) is 0 Å². The van der Waals surface area contributed by atoms with Crippen LogP contribution in [-0.2, 0) is 4.79 Å². The van der Waals surface area contributed by atoms with Gasteiger partial charge in [0.25, 0.3) is 0 Å². The zero-order chi connectivity index (χ0) is 8.10. The predicted molar refractivity (Wildman–Crippen MR) is 43.7 cm³/mol. The lowest BCUT2D eigenvalue weighted by atomic mass is 10.0. The Balaban J connectivity index is 2.37. The molecule has 3 nitrogen and oxygen atoms in total. The average Bonchev–Trinajstić information content (AvgIpc) is 2.06. The predicted octanol–water partition coefficient (Wildman–Crippen LogP) is 0.257.